The third-order valence-electron chi connectivity index (χ3n) is 6.70. The Balaban J connectivity index is 2.90. The van der Waals surface area contributed by atoms with E-state index in [1.54, 1.807) is 59.7 Å². The van der Waals surface area contributed by atoms with E-state index in [0.717, 1.165) is 0 Å². The number of para-hydroxylation sites is 1. The van der Waals surface area contributed by atoms with Gasteiger partial charge in [-0.05, 0) is 71.7 Å². The SMILES string of the molecule is CCOC(=O)[N+](C(=O)OCC)(C(=O)C(C)(C)CCCCC(=O)CCCCC(C)(C)C(=O)O)c1ccccc1. The maximum Gasteiger partial charge on any atom is 0.539 e. The number of carboxylic acid groups (broad SMARTS) is 1. The van der Waals surface area contributed by atoms with E-state index in [0.29, 0.717) is 51.4 Å². The molecule has 0 aliphatic carbocycles. The number of carbonyl (C=O) groups is 5. The summed E-state index contributed by atoms with van der Waals surface area (Å²) < 4.78 is 9.10. The molecule has 9 heteroatoms. The summed E-state index contributed by atoms with van der Waals surface area (Å²) in [4.78, 5) is 64.1. The second-order valence-corrected chi connectivity index (χ2v) is 10.7. The first-order valence-electron chi connectivity index (χ1n) is 13.4. The van der Waals surface area contributed by atoms with Crippen LogP contribution in [0.5, 0.6) is 0 Å². The first-order chi connectivity index (χ1) is 17.8. The molecule has 0 bridgehead atoms. The van der Waals surface area contributed by atoms with Gasteiger partial charge in [-0.1, -0.05) is 31.0 Å². The van der Waals surface area contributed by atoms with Crippen LogP contribution in [-0.4, -0.2) is 48.2 Å². The number of amides is 3. The molecule has 0 aromatic heterocycles. The van der Waals surface area contributed by atoms with Crippen LogP contribution in [0, 0.1) is 10.8 Å². The second-order valence-electron chi connectivity index (χ2n) is 10.7. The Morgan fingerprint density at radius 3 is 1.61 bits per heavy atom. The normalized spacial score (nSPS) is 12.1. The average Bonchev–Trinajstić information content (AvgIpc) is 2.86. The highest BCUT2D eigenvalue weighted by Crippen LogP contribution is 2.36. The van der Waals surface area contributed by atoms with E-state index in [-0.39, 0.29) is 24.7 Å². The smallest absolute Gasteiger partial charge is 0.481 e. The number of hydrogen-bond acceptors (Lipinski definition) is 7. The molecule has 1 aromatic carbocycles. The summed E-state index contributed by atoms with van der Waals surface area (Å²) >= 11 is 0. The number of hydrogen-bond donors (Lipinski definition) is 1. The number of ketones is 1. The maximum absolute atomic E-state index is 14.0. The summed E-state index contributed by atoms with van der Waals surface area (Å²) in [5.74, 6) is -1.41. The summed E-state index contributed by atoms with van der Waals surface area (Å²) in [7, 11) is 0. The molecule has 212 valence electrons. The Bertz CT molecular complexity index is 950. The van der Waals surface area contributed by atoms with Gasteiger partial charge in [0.1, 0.15) is 5.78 Å². The van der Waals surface area contributed by atoms with Gasteiger partial charge >= 0.3 is 24.1 Å². The standard InChI is InChI=1S/C29H43NO8/c1-7-37-26(35)30(27(36)38-8-2,22-16-10-9-11-17-22)24(32)28(3,4)20-14-12-18-23(31)19-13-15-21-29(5,6)25(33)34/h9-11,16-17H,7-8,12-15,18-21H2,1-6H3/p+1. The molecule has 0 fully saturated rings. The van der Waals surface area contributed by atoms with Crippen LogP contribution in [0.25, 0.3) is 0 Å². The van der Waals surface area contributed by atoms with Gasteiger partial charge in [0, 0.05) is 25.0 Å². The van der Waals surface area contributed by atoms with Gasteiger partial charge in [0.25, 0.3) is 0 Å². The summed E-state index contributed by atoms with van der Waals surface area (Å²) in [6, 6.07) is 8.04. The monoisotopic (exact) mass is 534 g/mol. The van der Waals surface area contributed by atoms with Gasteiger partial charge in [0.2, 0.25) is 0 Å². The number of rotatable bonds is 15. The molecule has 1 aromatic rings. The molecule has 0 unspecified atom stereocenters. The van der Waals surface area contributed by atoms with Crippen molar-refractivity contribution in [3.8, 4) is 0 Å². The highest BCUT2D eigenvalue weighted by Gasteiger charge is 2.62. The Morgan fingerprint density at radius 1 is 0.737 bits per heavy atom. The van der Waals surface area contributed by atoms with Crippen LogP contribution in [0.3, 0.4) is 0 Å². The molecular formula is C29H44NO8+. The number of carboxylic acids is 1. The second kappa shape index (κ2) is 14.8. The summed E-state index contributed by atoms with van der Waals surface area (Å²) in [6.45, 7) is 9.87. The number of Topliss-reactive ketones (excluding diaryl/α,β-unsaturated/α-hetero) is 1. The van der Waals surface area contributed by atoms with Gasteiger partial charge in [0.05, 0.1) is 24.0 Å². The van der Waals surface area contributed by atoms with Gasteiger partial charge in [-0.25, -0.2) is 4.79 Å². The van der Waals surface area contributed by atoms with E-state index in [9.17, 15) is 29.1 Å². The number of ether oxygens (including phenoxy) is 2. The van der Waals surface area contributed by atoms with Gasteiger partial charge in [0.15, 0.2) is 5.69 Å². The van der Waals surface area contributed by atoms with Gasteiger partial charge < -0.3 is 14.6 Å². The summed E-state index contributed by atoms with van der Waals surface area (Å²) in [5, 5.41) is 9.18. The molecule has 1 rings (SSSR count). The molecule has 38 heavy (non-hydrogen) atoms. The van der Waals surface area contributed by atoms with E-state index < -0.39 is 39.4 Å². The van der Waals surface area contributed by atoms with Crippen molar-refractivity contribution >= 4 is 35.5 Å². The van der Waals surface area contributed by atoms with E-state index in [1.807, 2.05) is 0 Å². The highest BCUT2D eigenvalue weighted by molar-refractivity contribution is 6.22. The quantitative estimate of drug-likeness (QED) is 0.196. The fourth-order valence-corrected chi connectivity index (χ4v) is 4.23. The zero-order chi connectivity index (χ0) is 29.0. The molecule has 0 saturated carbocycles. The first-order valence-corrected chi connectivity index (χ1v) is 13.4. The minimum atomic E-state index is -1.33. The number of imide groups is 3. The van der Waals surface area contributed by atoms with E-state index >= 15 is 0 Å². The molecule has 0 atom stereocenters. The number of carbonyl (C=O) groups excluding carboxylic acids is 4. The van der Waals surface area contributed by atoms with Crippen molar-refractivity contribution in [2.75, 3.05) is 13.2 Å². The summed E-state index contributed by atoms with van der Waals surface area (Å²) in [5.41, 5.74) is -1.77. The zero-order valence-corrected chi connectivity index (χ0v) is 23.7. The third kappa shape index (κ3) is 8.48. The van der Waals surface area contributed by atoms with Crippen molar-refractivity contribution < 1.29 is 38.6 Å². The fourth-order valence-electron chi connectivity index (χ4n) is 4.23. The molecule has 9 nitrogen and oxygen atoms in total. The van der Waals surface area contributed by atoms with Crippen molar-refractivity contribution in [3.05, 3.63) is 30.3 Å². The lowest BCUT2D eigenvalue weighted by molar-refractivity contribution is -0.147. The van der Waals surface area contributed by atoms with Crippen LogP contribution in [0.15, 0.2) is 30.3 Å². The van der Waals surface area contributed by atoms with Gasteiger partial charge in [-0.3, -0.25) is 9.59 Å². The van der Waals surface area contributed by atoms with Crippen molar-refractivity contribution in [1.29, 1.82) is 0 Å². The average molecular weight is 535 g/mol. The van der Waals surface area contributed by atoms with Gasteiger partial charge in [-0.2, -0.15) is 9.59 Å². The summed E-state index contributed by atoms with van der Waals surface area (Å²) in [6.07, 6.45) is 1.94. The highest BCUT2D eigenvalue weighted by atomic mass is 16.6. The van der Waals surface area contributed by atoms with Crippen molar-refractivity contribution in [2.24, 2.45) is 10.8 Å². The zero-order valence-electron chi connectivity index (χ0n) is 23.7. The van der Waals surface area contributed by atoms with Crippen molar-refractivity contribution in [2.45, 2.75) is 92.9 Å². The molecule has 0 radical (unpaired) electrons. The number of benzene rings is 1. The molecule has 0 spiro atoms. The molecular weight excluding hydrogens is 490 g/mol. The number of quaternary nitrogens is 1. The fraction of sp³-hybridized carbons (Fsp3) is 0.621. The number of aliphatic carboxylic acids is 1. The predicted octanol–water partition coefficient (Wildman–Crippen LogP) is 6.66. The molecule has 0 heterocycles. The van der Waals surface area contributed by atoms with E-state index in [2.05, 4.69) is 0 Å². The Morgan fingerprint density at radius 2 is 1.18 bits per heavy atom. The number of unbranched alkanes of at least 4 members (excludes halogenated alkanes) is 2. The molecule has 0 aliphatic heterocycles. The predicted molar refractivity (Wildman–Crippen MR) is 144 cm³/mol. The molecule has 1 N–H and O–H groups in total. The van der Waals surface area contributed by atoms with Crippen LogP contribution >= 0.6 is 0 Å². The number of nitrogens with zero attached hydrogens (tertiary/aromatic N) is 1. The van der Waals surface area contributed by atoms with Gasteiger partial charge in [-0.15, -0.1) is 0 Å². The Kier molecular flexibility index (Phi) is 12.8. The molecule has 0 aliphatic rings. The Hall–Kier alpha value is -3.07. The first kappa shape index (κ1) is 33.0. The van der Waals surface area contributed by atoms with Crippen LogP contribution in [0.2, 0.25) is 0 Å². The van der Waals surface area contributed by atoms with Crippen molar-refractivity contribution in [3.63, 3.8) is 0 Å². The lowest BCUT2D eigenvalue weighted by Gasteiger charge is -2.33. The Labute approximate surface area is 226 Å². The minimum Gasteiger partial charge on any atom is -0.481 e. The lowest BCUT2D eigenvalue weighted by atomic mass is 9.84. The molecule has 3 amide bonds. The van der Waals surface area contributed by atoms with Crippen LogP contribution in [-0.2, 0) is 23.9 Å². The van der Waals surface area contributed by atoms with E-state index in [4.69, 9.17) is 9.47 Å². The lowest BCUT2D eigenvalue weighted by Crippen LogP contribution is -2.66. The maximum atomic E-state index is 14.0. The largest absolute Gasteiger partial charge is 0.539 e. The van der Waals surface area contributed by atoms with Crippen LogP contribution in [0.1, 0.15) is 92.9 Å². The third-order valence-corrected chi connectivity index (χ3v) is 6.70. The minimum absolute atomic E-state index is 0.0192. The van der Waals surface area contributed by atoms with Crippen molar-refractivity contribution in [1.82, 2.24) is 4.48 Å². The van der Waals surface area contributed by atoms with E-state index in [1.165, 1.54) is 12.1 Å². The van der Waals surface area contributed by atoms with Crippen LogP contribution in [0.4, 0.5) is 15.3 Å². The topological polar surface area (TPSA) is 124 Å². The molecule has 0 saturated heterocycles. The van der Waals surface area contributed by atoms with Crippen LogP contribution < -0.4 is 4.48 Å².